The molecule has 1 aliphatic rings. The van der Waals surface area contributed by atoms with Crippen molar-refractivity contribution in [2.75, 3.05) is 11.9 Å². The number of benzene rings is 1. The van der Waals surface area contributed by atoms with Crippen molar-refractivity contribution in [1.82, 2.24) is 0 Å². The molecule has 0 radical (unpaired) electrons. The van der Waals surface area contributed by atoms with Gasteiger partial charge in [0.25, 0.3) is 0 Å². The Labute approximate surface area is 97.8 Å². The van der Waals surface area contributed by atoms with Crippen molar-refractivity contribution in [1.29, 1.82) is 5.41 Å². The van der Waals surface area contributed by atoms with Crippen LogP contribution in [-0.2, 0) is 6.42 Å². The summed E-state index contributed by atoms with van der Waals surface area (Å²) in [5, 5.41) is 7.98. The average Bonchev–Trinajstić information content (AvgIpc) is 2.55. The van der Waals surface area contributed by atoms with Gasteiger partial charge in [0.15, 0.2) is 0 Å². The van der Waals surface area contributed by atoms with Crippen molar-refractivity contribution < 1.29 is 0 Å². The van der Waals surface area contributed by atoms with Crippen LogP contribution >= 0.6 is 0 Å². The molecule has 1 N–H and O–H groups in total. The van der Waals surface area contributed by atoms with E-state index < -0.39 is 0 Å². The van der Waals surface area contributed by atoms with E-state index >= 15 is 0 Å². The third kappa shape index (κ3) is 1.84. The van der Waals surface area contributed by atoms with E-state index in [0.717, 1.165) is 30.5 Å². The van der Waals surface area contributed by atoms with Gasteiger partial charge in [-0.1, -0.05) is 19.4 Å². The van der Waals surface area contributed by atoms with Gasteiger partial charge in [-0.3, -0.25) is 0 Å². The third-order valence-electron chi connectivity index (χ3n) is 3.48. The molecule has 2 rings (SSSR count). The van der Waals surface area contributed by atoms with Gasteiger partial charge in [0, 0.05) is 24.5 Å². The molecule has 0 saturated heterocycles. The van der Waals surface area contributed by atoms with Crippen LogP contribution in [0.2, 0.25) is 0 Å². The van der Waals surface area contributed by atoms with Crippen molar-refractivity contribution >= 4 is 11.4 Å². The molecule has 16 heavy (non-hydrogen) atoms. The lowest BCUT2D eigenvalue weighted by Crippen LogP contribution is -2.23. The highest BCUT2D eigenvalue weighted by Gasteiger charge is 2.22. The number of anilines is 1. The SMILES string of the molecule is CCCC(=N)c1ccc2c(c1)CC(C)N2C. The molecule has 0 fully saturated rings. The molecule has 0 spiro atoms. The van der Waals surface area contributed by atoms with E-state index in [1.165, 1.54) is 11.3 Å². The highest BCUT2D eigenvalue weighted by molar-refractivity contribution is 5.98. The molecule has 1 atom stereocenters. The van der Waals surface area contributed by atoms with Crippen molar-refractivity contribution in [2.24, 2.45) is 0 Å². The number of likely N-dealkylation sites (N-methyl/N-ethyl adjacent to an activating group) is 1. The zero-order valence-electron chi connectivity index (χ0n) is 10.4. The number of fused-ring (bicyclic) bond motifs is 1. The van der Waals surface area contributed by atoms with Crippen LogP contribution in [0.5, 0.6) is 0 Å². The molecule has 0 bridgehead atoms. The summed E-state index contributed by atoms with van der Waals surface area (Å²) in [7, 11) is 2.15. The van der Waals surface area contributed by atoms with E-state index in [1.807, 2.05) is 0 Å². The topological polar surface area (TPSA) is 27.1 Å². The Kier molecular flexibility index (Phi) is 2.99. The number of nitrogens with one attached hydrogen (secondary N) is 1. The summed E-state index contributed by atoms with van der Waals surface area (Å²) >= 11 is 0. The number of hydrogen-bond acceptors (Lipinski definition) is 2. The smallest absolute Gasteiger partial charge is 0.0399 e. The Balaban J connectivity index is 2.28. The van der Waals surface area contributed by atoms with Crippen LogP contribution < -0.4 is 4.90 Å². The second-order valence-corrected chi connectivity index (χ2v) is 4.74. The maximum absolute atomic E-state index is 7.98. The molecule has 1 heterocycles. The van der Waals surface area contributed by atoms with Gasteiger partial charge in [0.1, 0.15) is 0 Å². The standard InChI is InChI=1S/C14H20N2/c1-4-5-13(15)11-6-7-14-12(9-11)8-10(2)16(14)3/h6-7,9-10,15H,4-5,8H2,1-3H3. The normalized spacial score (nSPS) is 18.7. The fourth-order valence-corrected chi connectivity index (χ4v) is 2.37. The quantitative estimate of drug-likeness (QED) is 0.772. The predicted molar refractivity (Wildman–Crippen MR) is 69.7 cm³/mol. The summed E-state index contributed by atoms with van der Waals surface area (Å²) < 4.78 is 0. The average molecular weight is 216 g/mol. The maximum Gasteiger partial charge on any atom is 0.0399 e. The van der Waals surface area contributed by atoms with Gasteiger partial charge in [-0.15, -0.1) is 0 Å². The van der Waals surface area contributed by atoms with Crippen LogP contribution in [-0.4, -0.2) is 18.8 Å². The van der Waals surface area contributed by atoms with Crippen molar-refractivity contribution in [3.8, 4) is 0 Å². The van der Waals surface area contributed by atoms with Crippen LogP contribution in [0.15, 0.2) is 18.2 Å². The summed E-state index contributed by atoms with van der Waals surface area (Å²) in [5.74, 6) is 0. The lowest BCUT2D eigenvalue weighted by molar-refractivity contribution is 0.732. The first-order chi connectivity index (χ1) is 7.63. The van der Waals surface area contributed by atoms with E-state index in [1.54, 1.807) is 0 Å². The van der Waals surface area contributed by atoms with E-state index in [2.05, 4.69) is 44.0 Å². The minimum atomic E-state index is 0.589. The van der Waals surface area contributed by atoms with Gasteiger partial charge in [-0.25, -0.2) is 0 Å². The first kappa shape index (κ1) is 11.2. The molecule has 1 aliphatic heterocycles. The third-order valence-corrected chi connectivity index (χ3v) is 3.48. The molecular formula is C14H20N2. The molecule has 1 aromatic carbocycles. The molecule has 0 amide bonds. The number of rotatable bonds is 3. The predicted octanol–water partition coefficient (Wildman–Crippen LogP) is 3.24. The van der Waals surface area contributed by atoms with Crippen LogP contribution in [0.25, 0.3) is 0 Å². The Morgan fingerprint density at radius 1 is 1.50 bits per heavy atom. The van der Waals surface area contributed by atoms with Gasteiger partial charge in [-0.2, -0.15) is 0 Å². The van der Waals surface area contributed by atoms with Gasteiger partial charge in [0.05, 0.1) is 0 Å². The lowest BCUT2D eigenvalue weighted by atomic mass is 10.0. The zero-order valence-corrected chi connectivity index (χ0v) is 10.4. The van der Waals surface area contributed by atoms with Crippen molar-refractivity contribution in [3.05, 3.63) is 29.3 Å². The second-order valence-electron chi connectivity index (χ2n) is 4.74. The minimum absolute atomic E-state index is 0.589. The van der Waals surface area contributed by atoms with Crippen LogP contribution in [0.3, 0.4) is 0 Å². The summed E-state index contributed by atoms with van der Waals surface area (Å²) in [4.78, 5) is 2.32. The zero-order chi connectivity index (χ0) is 11.7. The molecule has 0 aromatic heterocycles. The van der Waals surface area contributed by atoms with E-state index in [-0.39, 0.29) is 0 Å². The molecule has 2 heteroatoms. The molecule has 2 nitrogen and oxygen atoms in total. The van der Waals surface area contributed by atoms with E-state index in [4.69, 9.17) is 5.41 Å². The van der Waals surface area contributed by atoms with Gasteiger partial charge in [-0.05, 0) is 43.0 Å². The van der Waals surface area contributed by atoms with Crippen molar-refractivity contribution in [3.63, 3.8) is 0 Å². The lowest BCUT2D eigenvalue weighted by Gasteiger charge is -2.18. The van der Waals surface area contributed by atoms with Gasteiger partial charge < -0.3 is 10.3 Å². The van der Waals surface area contributed by atoms with Gasteiger partial charge >= 0.3 is 0 Å². The Morgan fingerprint density at radius 2 is 2.25 bits per heavy atom. The summed E-state index contributed by atoms with van der Waals surface area (Å²) in [6, 6.07) is 7.04. The largest absolute Gasteiger partial charge is 0.371 e. The van der Waals surface area contributed by atoms with Crippen molar-refractivity contribution in [2.45, 2.75) is 39.2 Å². The summed E-state index contributed by atoms with van der Waals surface area (Å²) in [6.45, 7) is 4.37. The number of nitrogens with zero attached hydrogens (tertiary/aromatic N) is 1. The molecule has 1 unspecified atom stereocenters. The van der Waals surface area contributed by atoms with Crippen LogP contribution in [0.4, 0.5) is 5.69 Å². The second kappa shape index (κ2) is 4.28. The first-order valence-electron chi connectivity index (χ1n) is 6.07. The van der Waals surface area contributed by atoms with Gasteiger partial charge in [0.2, 0.25) is 0 Å². The molecule has 1 aromatic rings. The Bertz CT molecular complexity index is 409. The monoisotopic (exact) mass is 216 g/mol. The molecular weight excluding hydrogens is 196 g/mol. The Morgan fingerprint density at radius 3 is 2.94 bits per heavy atom. The molecule has 0 saturated carbocycles. The van der Waals surface area contributed by atoms with E-state index in [9.17, 15) is 0 Å². The number of hydrogen-bond donors (Lipinski definition) is 1. The molecule has 86 valence electrons. The highest BCUT2D eigenvalue weighted by atomic mass is 15.1. The maximum atomic E-state index is 7.98. The molecule has 0 aliphatic carbocycles. The van der Waals surface area contributed by atoms with Crippen LogP contribution in [0.1, 0.15) is 37.8 Å². The fourth-order valence-electron chi connectivity index (χ4n) is 2.37. The minimum Gasteiger partial charge on any atom is -0.371 e. The van der Waals surface area contributed by atoms with Crippen LogP contribution in [0, 0.1) is 5.41 Å². The Hall–Kier alpha value is -1.31. The summed E-state index contributed by atoms with van der Waals surface area (Å²) in [6.07, 6.45) is 3.04. The first-order valence-corrected chi connectivity index (χ1v) is 6.07. The highest BCUT2D eigenvalue weighted by Crippen LogP contribution is 2.31. The summed E-state index contributed by atoms with van der Waals surface area (Å²) in [5.41, 5.74) is 4.60. The van der Waals surface area contributed by atoms with E-state index in [0.29, 0.717) is 6.04 Å². The fraction of sp³-hybridized carbons (Fsp3) is 0.500.